The molecule has 0 bridgehead atoms. The molecule has 170 valence electrons. The van der Waals surface area contributed by atoms with Gasteiger partial charge in [0.05, 0.1) is 0 Å². The second kappa shape index (κ2) is 11.0. The molecular weight excluding hydrogens is 473 g/mol. The molecule has 11 nitrogen and oxygen atoms in total. The van der Waals surface area contributed by atoms with Crippen molar-refractivity contribution in [2.24, 2.45) is 0 Å². The van der Waals surface area contributed by atoms with E-state index in [0.29, 0.717) is 0 Å². The van der Waals surface area contributed by atoms with Crippen molar-refractivity contribution in [3.8, 4) is 0 Å². The lowest BCUT2D eigenvalue weighted by molar-refractivity contribution is -0.292. The third kappa shape index (κ3) is 8.13. The van der Waals surface area contributed by atoms with Crippen LogP contribution in [0.4, 0.5) is 0 Å². The second-order valence-corrected chi connectivity index (χ2v) is 8.29. The summed E-state index contributed by atoms with van der Waals surface area (Å²) in [4.78, 5) is 46.1. The van der Waals surface area contributed by atoms with Gasteiger partial charge in [0.25, 0.3) is 3.79 Å². The predicted octanol–water partition coefficient (Wildman–Crippen LogP) is 1.43. The molecule has 1 heterocycles. The van der Waals surface area contributed by atoms with Crippen LogP contribution in [0.2, 0.25) is 0 Å². The molecule has 1 saturated heterocycles. The highest BCUT2D eigenvalue weighted by Gasteiger charge is 2.54. The summed E-state index contributed by atoms with van der Waals surface area (Å²) >= 11 is 16.8. The van der Waals surface area contributed by atoms with Gasteiger partial charge in [0, 0.05) is 27.7 Å². The van der Waals surface area contributed by atoms with Gasteiger partial charge >= 0.3 is 23.9 Å². The summed E-state index contributed by atoms with van der Waals surface area (Å²) in [5, 5.41) is 7.74. The van der Waals surface area contributed by atoms with Crippen molar-refractivity contribution in [1.82, 2.24) is 0 Å². The standard InChI is InChI=1S/C16H20Cl3NO10/c1-6(21)25-5-10-11(26-7(2)22)12(27-8(3)23)13(28-9(4)24)14(29-10)30-15(20)16(17,18)19/h10-14,20H,5H2,1-4H3/t10?,11-,12?,13-,14?/m0/s1. The quantitative estimate of drug-likeness (QED) is 0.190. The molecule has 0 spiro atoms. The Hall–Kier alpha value is -1.82. The minimum absolute atomic E-state index is 0.460. The third-order valence-corrected chi connectivity index (χ3v) is 3.95. The Labute approximate surface area is 186 Å². The van der Waals surface area contributed by atoms with E-state index in [0.717, 1.165) is 27.7 Å². The Bertz CT molecular complexity index is 695. The van der Waals surface area contributed by atoms with Gasteiger partial charge in [-0.3, -0.25) is 24.6 Å². The Kier molecular flexibility index (Phi) is 9.60. The molecule has 1 N–H and O–H groups in total. The third-order valence-electron chi connectivity index (χ3n) is 3.44. The van der Waals surface area contributed by atoms with Crippen LogP contribution in [0.15, 0.2) is 0 Å². The highest BCUT2D eigenvalue weighted by molar-refractivity contribution is 6.76. The normalized spacial score (nSPS) is 26.2. The zero-order chi connectivity index (χ0) is 23.2. The number of hydrogen-bond acceptors (Lipinski definition) is 11. The van der Waals surface area contributed by atoms with Crippen LogP contribution in [0.5, 0.6) is 0 Å². The van der Waals surface area contributed by atoms with Crippen molar-refractivity contribution in [1.29, 1.82) is 5.41 Å². The number of rotatable bonds is 6. The predicted molar refractivity (Wildman–Crippen MR) is 101 cm³/mol. The van der Waals surface area contributed by atoms with Crippen LogP contribution in [0, 0.1) is 5.41 Å². The SMILES string of the molecule is CC(=O)OCC1OC(OC(=N)C(Cl)(Cl)Cl)[C@@H](OC(C)=O)C(OC(C)=O)[C@H]1OC(C)=O. The van der Waals surface area contributed by atoms with E-state index in [1.165, 1.54) is 0 Å². The highest BCUT2D eigenvalue weighted by atomic mass is 35.6. The van der Waals surface area contributed by atoms with E-state index < -0.39 is 70.9 Å². The largest absolute Gasteiger partial charge is 0.463 e. The maximum absolute atomic E-state index is 11.7. The minimum Gasteiger partial charge on any atom is -0.463 e. The molecule has 0 aromatic carbocycles. The first-order chi connectivity index (χ1) is 13.7. The molecule has 0 aliphatic carbocycles. The maximum atomic E-state index is 11.7. The van der Waals surface area contributed by atoms with Crippen LogP contribution >= 0.6 is 34.8 Å². The van der Waals surface area contributed by atoms with Crippen LogP contribution in [-0.4, -0.2) is 70.9 Å². The van der Waals surface area contributed by atoms with Crippen molar-refractivity contribution in [2.45, 2.75) is 62.2 Å². The maximum Gasteiger partial charge on any atom is 0.303 e. The molecule has 0 radical (unpaired) electrons. The fourth-order valence-electron chi connectivity index (χ4n) is 2.47. The van der Waals surface area contributed by atoms with Crippen molar-refractivity contribution in [3.05, 3.63) is 0 Å². The van der Waals surface area contributed by atoms with E-state index in [-0.39, 0.29) is 0 Å². The van der Waals surface area contributed by atoms with Gasteiger partial charge in [-0.05, 0) is 0 Å². The van der Waals surface area contributed by atoms with E-state index in [4.69, 9.17) is 68.6 Å². The Morgan fingerprint density at radius 2 is 1.27 bits per heavy atom. The molecule has 0 amide bonds. The number of alkyl halides is 3. The fraction of sp³-hybridized carbons (Fsp3) is 0.688. The van der Waals surface area contributed by atoms with Crippen molar-refractivity contribution < 1.29 is 47.6 Å². The van der Waals surface area contributed by atoms with Gasteiger partial charge in [-0.2, -0.15) is 0 Å². The molecule has 30 heavy (non-hydrogen) atoms. The van der Waals surface area contributed by atoms with Gasteiger partial charge in [-0.25, -0.2) is 0 Å². The van der Waals surface area contributed by atoms with E-state index in [1.807, 2.05) is 0 Å². The zero-order valence-corrected chi connectivity index (χ0v) is 18.6. The summed E-state index contributed by atoms with van der Waals surface area (Å²) in [6.07, 6.45) is -7.25. The lowest BCUT2D eigenvalue weighted by Crippen LogP contribution is -2.63. The zero-order valence-electron chi connectivity index (χ0n) is 16.3. The van der Waals surface area contributed by atoms with Crippen LogP contribution in [0.25, 0.3) is 0 Å². The summed E-state index contributed by atoms with van der Waals surface area (Å²) in [6.45, 7) is 3.86. The number of esters is 4. The average molecular weight is 493 g/mol. The first-order valence-corrected chi connectivity index (χ1v) is 9.48. The molecule has 0 saturated carbocycles. The van der Waals surface area contributed by atoms with Gasteiger partial charge in [0.2, 0.25) is 18.3 Å². The topological polar surface area (TPSA) is 148 Å². The molecule has 3 unspecified atom stereocenters. The van der Waals surface area contributed by atoms with Crippen LogP contribution < -0.4 is 0 Å². The lowest BCUT2D eigenvalue weighted by atomic mass is 9.98. The van der Waals surface area contributed by atoms with Crippen LogP contribution in [-0.2, 0) is 47.6 Å². The van der Waals surface area contributed by atoms with Crippen molar-refractivity contribution in [2.75, 3.05) is 6.61 Å². The van der Waals surface area contributed by atoms with Gasteiger partial charge in [0.1, 0.15) is 12.7 Å². The van der Waals surface area contributed by atoms with Crippen LogP contribution in [0.3, 0.4) is 0 Å². The Morgan fingerprint density at radius 3 is 1.70 bits per heavy atom. The molecule has 1 aliphatic heterocycles. The Morgan fingerprint density at radius 1 is 0.800 bits per heavy atom. The number of halogens is 3. The van der Waals surface area contributed by atoms with Gasteiger partial charge in [-0.1, -0.05) is 34.8 Å². The summed E-state index contributed by atoms with van der Waals surface area (Å²) in [5.74, 6) is -4.03. The first-order valence-electron chi connectivity index (χ1n) is 8.35. The highest BCUT2D eigenvalue weighted by Crippen LogP contribution is 2.33. The second-order valence-electron chi connectivity index (χ2n) is 6.01. The van der Waals surface area contributed by atoms with Gasteiger partial charge < -0.3 is 28.4 Å². The number of ether oxygens (including phenoxy) is 6. The molecular formula is C16H20Cl3NO10. The van der Waals surface area contributed by atoms with E-state index >= 15 is 0 Å². The van der Waals surface area contributed by atoms with E-state index in [2.05, 4.69) is 0 Å². The van der Waals surface area contributed by atoms with E-state index in [9.17, 15) is 19.2 Å². The minimum atomic E-state index is -2.29. The number of carbonyl (C=O) groups excluding carboxylic acids is 4. The smallest absolute Gasteiger partial charge is 0.303 e. The Balaban J connectivity index is 3.37. The lowest BCUT2D eigenvalue weighted by Gasteiger charge is -2.44. The van der Waals surface area contributed by atoms with Gasteiger partial charge in [-0.15, -0.1) is 0 Å². The molecule has 5 atom stereocenters. The van der Waals surface area contributed by atoms with E-state index in [1.54, 1.807) is 0 Å². The number of nitrogens with one attached hydrogen (secondary N) is 1. The average Bonchev–Trinajstić information content (AvgIpc) is 2.56. The molecule has 0 aromatic heterocycles. The summed E-state index contributed by atoms with van der Waals surface area (Å²) in [6, 6.07) is 0. The fourth-order valence-corrected chi connectivity index (χ4v) is 2.60. The molecule has 14 heteroatoms. The summed E-state index contributed by atoms with van der Waals surface area (Å²) in [5.41, 5.74) is 0. The molecule has 1 aliphatic rings. The molecule has 1 rings (SSSR count). The summed E-state index contributed by atoms with van der Waals surface area (Å²) < 4.78 is 28.9. The summed E-state index contributed by atoms with van der Waals surface area (Å²) in [7, 11) is 0. The molecule has 1 fully saturated rings. The van der Waals surface area contributed by atoms with Crippen LogP contribution in [0.1, 0.15) is 27.7 Å². The molecule has 0 aromatic rings. The first kappa shape index (κ1) is 26.2. The van der Waals surface area contributed by atoms with Crippen molar-refractivity contribution >= 4 is 64.6 Å². The monoisotopic (exact) mass is 491 g/mol. The number of hydrogen-bond donors (Lipinski definition) is 1. The van der Waals surface area contributed by atoms with Crippen molar-refractivity contribution in [3.63, 3.8) is 0 Å². The number of carbonyl (C=O) groups is 4. The van der Waals surface area contributed by atoms with Gasteiger partial charge in [0.15, 0.2) is 12.2 Å².